The fourth-order valence-electron chi connectivity index (χ4n) is 4.80. The quantitative estimate of drug-likeness (QED) is 0.461. The van der Waals surface area contributed by atoms with Gasteiger partial charge in [-0.1, -0.05) is 69.7 Å². The van der Waals surface area contributed by atoms with Gasteiger partial charge < -0.3 is 4.90 Å². The Hall–Kier alpha value is -2.54. The molecule has 1 heterocycles. The highest BCUT2D eigenvalue weighted by Gasteiger charge is 2.51. The molecule has 0 aromatic heterocycles. The molecule has 0 N–H and O–H groups in total. The molecular formula is C26H27N. The molecule has 0 saturated carbocycles. The topological polar surface area (TPSA) is 3.24 Å². The number of benzene rings is 3. The van der Waals surface area contributed by atoms with Crippen LogP contribution in [0.15, 0.2) is 60.7 Å². The van der Waals surface area contributed by atoms with Gasteiger partial charge in [0.25, 0.3) is 0 Å². The maximum atomic E-state index is 2.48. The number of fused-ring (bicyclic) bond motifs is 4. The van der Waals surface area contributed by atoms with Crippen LogP contribution in [0.3, 0.4) is 0 Å². The van der Waals surface area contributed by atoms with Gasteiger partial charge in [-0.2, -0.15) is 0 Å². The van der Waals surface area contributed by atoms with Crippen molar-refractivity contribution in [2.75, 3.05) is 4.90 Å². The van der Waals surface area contributed by atoms with E-state index in [9.17, 15) is 0 Å². The van der Waals surface area contributed by atoms with Gasteiger partial charge in [0.2, 0.25) is 0 Å². The third-order valence-corrected chi connectivity index (χ3v) is 7.32. The van der Waals surface area contributed by atoms with Crippen molar-refractivity contribution in [3.05, 3.63) is 82.9 Å². The predicted molar refractivity (Wildman–Crippen MR) is 115 cm³/mol. The first-order chi connectivity index (χ1) is 12.8. The number of hydrogen-bond acceptors (Lipinski definition) is 1. The van der Waals surface area contributed by atoms with E-state index in [0.717, 1.165) is 6.54 Å². The molecule has 1 heteroatoms. The van der Waals surface area contributed by atoms with E-state index in [1.54, 1.807) is 0 Å². The van der Waals surface area contributed by atoms with Gasteiger partial charge in [0.15, 0.2) is 0 Å². The van der Waals surface area contributed by atoms with Crippen LogP contribution >= 0.6 is 0 Å². The molecule has 0 bridgehead atoms. The van der Waals surface area contributed by atoms with Crippen LogP contribution in [0, 0.1) is 6.92 Å². The first-order valence-corrected chi connectivity index (χ1v) is 9.92. The number of nitrogens with zero attached hydrogens (tertiary/aromatic N) is 1. The first kappa shape index (κ1) is 16.6. The molecule has 0 amide bonds. The molecule has 0 radical (unpaired) electrons. The largest absolute Gasteiger partial charge is 0.336 e. The summed E-state index contributed by atoms with van der Waals surface area (Å²) in [5, 5.41) is 0. The highest BCUT2D eigenvalue weighted by Crippen LogP contribution is 2.59. The van der Waals surface area contributed by atoms with E-state index in [4.69, 9.17) is 0 Å². The average Bonchev–Trinajstić information content (AvgIpc) is 2.67. The second-order valence-corrected chi connectivity index (χ2v) is 9.24. The maximum Gasteiger partial charge on any atom is 0.0496 e. The Bertz CT molecular complexity index is 1050. The van der Waals surface area contributed by atoms with Crippen LogP contribution in [0.25, 0.3) is 11.1 Å². The van der Waals surface area contributed by atoms with Crippen molar-refractivity contribution < 1.29 is 0 Å². The van der Waals surface area contributed by atoms with Gasteiger partial charge in [-0.3, -0.25) is 0 Å². The van der Waals surface area contributed by atoms with E-state index in [-0.39, 0.29) is 10.8 Å². The lowest BCUT2D eigenvalue weighted by Crippen LogP contribution is -2.51. The van der Waals surface area contributed by atoms with Crippen LogP contribution in [0.5, 0.6) is 0 Å². The van der Waals surface area contributed by atoms with Gasteiger partial charge in [-0.05, 0) is 64.3 Å². The van der Waals surface area contributed by atoms with Crippen LogP contribution in [-0.2, 0) is 17.4 Å². The maximum absolute atomic E-state index is 2.48. The SMILES string of the molecule is Cc1ccc(N2Cc3ccccc3-c3cc4c(cc32)C(C)(C)C4(C)C)cc1. The standard InChI is InChI=1S/C26H27N/c1-17-10-12-19(13-11-17)27-16-18-8-6-7-9-20(18)21-14-22-23(15-24(21)27)26(4,5)25(22,2)3/h6-15H,16H2,1-5H3. The molecule has 0 saturated heterocycles. The summed E-state index contributed by atoms with van der Waals surface area (Å²) in [5.74, 6) is 0. The number of aryl methyl sites for hydroxylation is 1. The molecule has 2 aliphatic rings. The highest BCUT2D eigenvalue weighted by molar-refractivity contribution is 5.89. The van der Waals surface area contributed by atoms with Gasteiger partial charge in [0.1, 0.15) is 0 Å². The number of rotatable bonds is 1. The highest BCUT2D eigenvalue weighted by atomic mass is 15.1. The van der Waals surface area contributed by atoms with Crippen LogP contribution < -0.4 is 4.90 Å². The van der Waals surface area contributed by atoms with Gasteiger partial charge in [-0.15, -0.1) is 0 Å². The first-order valence-electron chi connectivity index (χ1n) is 9.92. The van der Waals surface area contributed by atoms with Crippen LogP contribution in [-0.4, -0.2) is 0 Å². The summed E-state index contributed by atoms with van der Waals surface area (Å²) in [6.45, 7) is 12.6. The third-order valence-electron chi connectivity index (χ3n) is 7.32. The Kier molecular flexibility index (Phi) is 3.23. The van der Waals surface area contributed by atoms with Crippen molar-refractivity contribution in [1.29, 1.82) is 0 Å². The normalized spacial score (nSPS) is 18.2. The Labute approximate surface area is 162 Å². The summed E-state index contributed by atoms with van der Waals surface area (Å²) in [7, 11) is 0. The second-order valence-electron chi connectivity index (χ2n) is 9.24. The minimum Gasteiger partial charge on any atom is -0.336 e. The van der Waals surface area contributed by atoms with Crippen molar-refractivity contribution in [2.45, 2.75) is 52.0 Å². The molecule has 0 spiro atoms. The molecule has 136 valence electrons. The molecule has 1 aliphatic carbocycles. The molecule has 3 aromatic carbocycles. The zero-order chi connectivity index (χ0) is 19.0. The Morgan fingerprint density at radius 2 is 1.37 bits per heavy atom. The van der Waals surface area contributed by atoms with Crippen molar-refractivity contribution in [1.82, 2.24) is 0 Å². The van der Waals surface area contributed by atoms with E-state index < -0.39 is 0 Å². The minimum atomic E-state index is 0.202. The molecule has 0 atom stereocenters. The number of hydrogen-bond donors (Lipinski definition) is 0. The van der Waals surface area contributed by atoms with Crippen LogP contribution in [0.2, 0.25) is 0 Å². The van der Waals surface area contributed by atoms with Crippen molar-refractivity contribution in [3.8, 4) is 11.1 Å². The molecule has 27 heavy (non-hydrogen) atoms. The number of anilines is 2. The second kappa shape index (κ2) is 5.25. The summed E-state index contributed by atoms with van der Waals surface area (Å²) < 4.78 is 0. The van der Waals surface area contributed by atoms with E-state index >= 15 is 0 Å². The monoisotopic (exact) mass is 353 g/mol. The van der Waals surface area contributed by atoms with Gasteiger partial charge in [0, 0.05) is 23.5 Å². The van der Waals surface area contributed by atoms with Crippen LogP contribution in [0.4, 0.5) is 11.4 Å². The van der Waals surface area contributed by atoms with E-state index in [2.05, 4.69) is 100 Å². The smallest absolute Gasteiger partial charge is 0.0496 e. The van der Waals surface area contributed by atoms with Gasteiger partial charge >= 0.3 is 0 Å². The van der Waals surface area contributed by atoms with E-state index in [0.29, 0.717) is 0 Å². The van der Waals surface area contributed by atoms with E-state index in [1.165, 1.54) is 44.8 Å². The fraction of sp³-hybridized carbons (Fsp3) is 0.308. The molecule has 0 unspecified atom stereocenters. The zero-order valence-electron chi connectivity index (χ0n) is 16.9. The minimum absolute atomic E-state index is 0.202. The summed E-state index contributed by atoms with van der Waals surface area (Å²) >= 11 is 0. The lowest BCUT2D eigenvalue weighted by atomic mass is 9.49. The third kappa shape index (κ3) is 2.12. The molecule has 1 nitrogen and oxygen atoms in total. The summed E-state index contributed by atoms with van der Waals surface area (Å²) in [5.41, 5.74) is 11.5. The molecular weight excluding hydrogens is 326 g/mol. The Morgan fingerprint density at radius 3 is 2.07 bits per heavy atom. The zero-order valence-corrected chi connectivity index (χ0v) is 16.9. The summed E-state index contributed by atoms with van der Waals surface area (Å²) in [4.78, 5) is 2.48. The summed E-state index contributed by atoms with van der Waals surface area (Å²) in [6, 6.07) is 22.7. The summed E-state index contributed by atoms with van der Waals surface area (Å²) in [6.07, 6.45) is 0. The average molecular weight is 354 g/mol. The van der Waals surface area contributed by atoms with Crippen molar-refractivity contribution >= 4 is 11.4 Å². The Balaban J connectivity index is 1.76. The lowest BCUT2D eigenvalue weighted by Gasteiger charge is -2.55. The molecule has 0 fully saturated rings. The molecule has 3 aromatic rings. The van der Waals surface area contributed by atoms with E-state index in [1.807, 2.05) is 0 Å². The predicted octanol–water partition coefficient (Wildman–Crippen LogP) is 6.88. The van der Waals surface area contributed by atoms with Crippen molar-refractivity contribution in [2.24, 2.45) is 0 Å². The van der Waals surface area contributed by atoms with Gasteiger partial charge in [0.05, 0.1) is 0 Å². The van der Waals surface area contributed by atoms with Gasteiger partial charge in [-0.25, -0.2) is 0 Å². The van der Waals surface area contributed by atoms with Crippen LogP contribution in [0.1, 0.15) is 49.9 Å². The Morgan fingerprint density at radius 1 is 0.741 bits per heavy atom. The van der Waals surface area contributed by atoms with Crippen molar-refractivity contribution in [3.63, 3.8) is 0 Å². The lowest BCUT2D eigenvalue weighted by molar-refractivity contribution is 0.242. The molecule has 5 rings (SSSR count). The molecule has 1 aliphatic heterocycles. The fourth-order valence-corrected chi connectivity index (χ4v) is 4.80.